The second kappa shape index (κ2) is 12.0. The fourth-order valence-corrected chi connectivity index (χ4v) is 6.09. The standard InChI is InChI=1S/C30H34F6N2O3/c1-19(21-16-23(29(31,32)33)18-24(17-21)30(34,35)36)26(39)37-28(22-6-4-3-5-7-22)12-8-25(9-13-28)38-14-10-20(11-15-38)27(40)41-2/h3-7,16-20,25H,8-15H2,1-2H3,(H,37,39). The molecule has 1 saturated carbocycles. The zero-order valence-corrected chi connectivity index (χ0v) is 22.9. The Hall–Kier alpha value is -3.08. The van der Waals surface area contributed by atoms with Crippen molar-refractivity contribution in [1.82, 2.24) is 10.2 Å². The molecule has 2 aliphatic rings. The molecule has 1 amide bonds. The molecule has 0 radical (unpaired) electrons. The van der Waals surface area contributed by atoms with E-state index in [0.717, 1.165) is 31.5 Å². The van der Waals surface area contributed by atoms with Gasteiger partial charge < -0.3 is 15.0 Å². The van der Waals surface area contributed by atoms with Crippen molar-refractivity contribution in [2.75, 3.05) is 20.2 Å². The van der Waals surface area contributed by atoms with Gasteiger partial charge in [-0.1, -0.05) is 30.3 Å². The summed E-state index contributed by atoms with van der Waals surface area (Å²) in [6, 6.07) is 10.8. The number of nitrogens with one attached hydrogen (secondary N) is 1. The Labute approximate surface area is 235 Å². The maximum absolute atomic E-state index is 13.5. The number of likely N-dealkylation sites (tertiary alicyclic amines) is 1. The first-order chi connectivity index (χ1) is 19.2. The molecular formula is C30H34F6N2O3. The molecule has 1 N–H and O–H groups in total. The smallest absolute Gasteiger partial charge is 0.416 e. The maximum atomic E-state index is 13.5. The SMILES string of the molecule is COC(=O)C1CCN(C2CCC(NC(=O)C(C)c3cc(C(F)(F)F)cc(C(F)(F)F)c3)(c3ccccc3)CC2)CC1. The van der Waals surface area contributed by atoms with Crippen LogP contribution in [0.3, 0.4) is 0 Å². The van der Waals surface area contributed by atoms with E-state index in [1.54, 1.807) is 0 Å². The number of halogens is 6. The molecule has 2 aromatic rings. The summed E-state index contributed by atoms with van der Waals surface area (Å²) in [5.41, 5.74) is -3.23. The summed E-state index contributed by atoms with van der Waals surface area (Å²) < 4.78 is 85.5. The zero-order valence-electron chi connectivity index (χ0n) is 22.9. The zero-order chi connectivity index (χ0) is 30.0. The monoisotopic (exact) mass is 584 g/mol. The molecule has 41 heavy (non-hydrogen) atoms. The van der Waals surface area contributed by atoms with Gasteiger partial charge in [-0.2, -0.15) is 26.3 Å². The Kier molecular flexibility index (Phi) is 9.06. The average Bonchev–Trinajstić information content (AvgIpc) is 2.96. The van der Waals surface area contributed by atoms with Crippen LogP contribution >= 0.6 is 0 Å². The van der Waals surface area contributed by atoms with Crippen molar-refractivity contribution >= 4 is 11.9 Å². The molecule has 1 unspecified atom stereocenters. The first kappa shape index (κ1) is 30.9. The quantitative estimate of drug-likeness (QED) is 0.305. The predicted molar refractivity (Wildman–Crippen MR) is 140 cm³/mol. The minimum atomic E-state index is -5.00. The third kappa shape index (κ3) is 7.05. The molecule has 11 heteroatoms. The van der Waals surface area contributed by atoms with E-state index in [9.17, 15) is 35.9 Å². The van der Waals surface area contributed by atoms with Crippen molar-refractivity contribution in [3.63, 3.8) is 0 Å². The van der Waals surface area contributed by atoms with E-state index in [4.69, 9.17) is 4.74 Å². The summed E-state index contributed by atoms with van der Waals surface area (Å²) in [5.74, 6) is -2.21. The van der Waals surface area contributed by atoms with Crippen LogP contribution in [0.2, 0.25) is 0 Å². The number of methoxy groups -OCH3 is 1. The fraction of sp³-hybridized carbons (Fsp3) is 0.533. The van der Waals surface area contributed by atoms with E-state index < -0.39 is 40.8 Å². The van der Waals surface area contributed by atoms with Crippen LogP contribution in [0.25, 0.3) is 0 Å². The van der Waals surface area contributed by atoms with Gasteiger partial charge in [-0.15, -0.1) is 0 Å². The Morgan fingerprint density at radius 1 is 0.902 bits per heavy atom. The van der Waals surface area contributed by atoms with Gasteiger partial charge in [0.2, 0.25) is 5.91 Å². The summed E-state index contributed by atoms with van der Waals surface area (Å²) >= 11 is 0. The molecule has 4 rings (SSSR count). The Balaban J connectivity index is 1.53. The van der Waals surface area contributed by atoms with Crippen molar-refractivity contribution < 1.29 is 40.7 Å². The van der Waals surface area contributed by atoms with Crippen LogP contribution in [0.1, 0.15) is 73.6 Å². The number of rotatable bonds is 6. The molecule has 1 saturated heterocycles. The van der Waals surface area contributed by atoms with Crippen LogP contribution in [0, 0.1) is 5.92 Å². The number of hydrogen-bond acceptors (Lipinski definition) is 4. The van der Waals surface area contributed by atoms with Crippen LogP contribution < -0.4 is 5.32 Å². The molecule has 2 aromatic carbocycles. The average molecular weight is 585 g/mol. The molecule has 1 aliphatic carbocycles. The molecule has 2 fully saturated rings. The number of hydrogen-bond donors (Lipinski definition) is 1. The molecule has 0 bridgehead atoms. The van der Waals surface area contributed by atoms with Crippen LogP contribution in [0.15, 0.2) is 48.5 Å². The van der Waals surface area contributed by atoms with E-state index in [0.29, 0.717) is 37.8 Å². The lowest BCUT2D eigenvalue weighted by Gasteiger charge is -2.46. The highest BCUT2D eigenvalue weighted by Crippen LogP contribution is 2.41. The third-order valence-corrected chi connectivity index (χ3v) is 8.58. The highest BCUT2D eigenvalue weighted by Gasteiger charge is 2.42. The van der Waals surface area contributed by atoms with Crippen molar-refractivity contribution in [3.05, 3.63) is 70.8 Å². The largest absolute Gasteiger partial charge is 0.469 e. The lowest BCUT2D eigenvalue weighted by molar-refractivity contribution is -0.147. The van der Waals surface area contributed by atoms with Gasteiger partial charge in [-0.3, -0.25) is 9.59 Å². The summed E-state index contributed by atoms with van der Waals surface area (Å²) in [5, 5.41) is 3.04. The molecule has 1 atom stereocenters. The highest BCUT2D eigenvalue weighted by atomic mass is 19.4. The molecular weight excluding hydrogens is 550 g/mol. The minimum Gasteiger partial charge on any atom is -0.469 e. The van der Waals surface area contributed by atoms with Gasteiger partial charge in [0.1, 0.15) is 0 Å². The number of amides is 1. The van der Waals surface area contributed by atoms with Gasteiger partial charge in [-0.25, -0.2) is 0 Å². The normalized spacial score (nSPS) is 23.6. The lowest BCUT2D eigenvalue weighted by atomic mass is 9.73. The van der Waals surface area contributed by atoms with Gasteiger partial charge in [-0.05, 0) is 87.9 Å². The van der Waals surface area contributed by atoms with Gasteiger partial charge in [0.25, 0.3) is 0 Å². The van der Waals surface area contributed by atoms with Crippen molar-refractivity contribution in [2.45, 2.75) is 75.3 Å². The molecule has 0 aromatic heterocycles. The highest BCUT2D eigenvalue weighted by molar-refractivity contribution is 5.84. The minimum absolute atomic E-state index is 0.0643. The van der Waals surface area contributed by atoms with E-state index in [-0.39, 0.29) is 29.6 Å². The van der Waals surface area contributed by atoms with Crippen LogP contribution in [0.4, 0.5) is 26.3 Å². The topological polar surface area (TPSA) is 58.6 Å². The first-order valence-corrected chi connectivity index (χ1v) is 13.7. The second-order valence-corrected chi connectivity index (χ2v) is 11.1. The second-order valence-electron chi connectivity index (χ2n) is 11.1. The van der Waals surface area contributed by atoms with Gasteiger partial charge in [0.15, 0.2) is 0 Å². The van der Waals surface area contributed by atoms with Gasteiger partial charge in [0.05, 0.1) is 35.6 Å². The number of carbonyl (C=O) groups is 2. The van der Waals surface area contributed by atoms with Gasteiger partial charge in [0, 0.05) is 6.04 Å². The Bertz CT molecular complexity index is 1180. The van der Waals surface area contributed by atoms with E-state index in [2.05, 4.69) is 10.2 Å². The van der Waals surface area contributed by atoms with Crippen molar-refractivity contribution in [2.24, 2.45) is 5.92 Å². The van der Waals surface area contributed by atoms with Crippen molar-refractivity contribution in [3.8, 4) is 0 Å². The third-order valence-electron chi connectivity index (χ3n) is 8.58. The summed E-state index contributed by atoms with van der Waals surface area (Å²) in [7, 11) is 1.39. The van der Waals surface area contributed by atoms with E-state index in [1.807, 2.05) is 30.3 Å². The molecule has 1 heterocycles. The number of nitrogens with zero attached hydrogens (tertiary/aromatic N) is 1. The molecule has 5 nitrogen and oxygen atoms in total. The van der Waals surface area contributed by atoms with Crippen LogP contribution in [-0.2, 0) is 32.2 Å². The molecule has 0 spiro atoms. The number of carbonyl (C=O) groups excluding carboxylic acids is 2. The Morgan fingerprint density at radius 2 is 1.44 bits per heavy atom. The van der Waals surface area contributed by atoms with Crippen LogP contribution in [0.5, 0.6) is 0 Å². The summed E-state index contributed by atoms with van der Waals surface area (Å²) in [6.45, 7) is 2.83. The van der Waals surface area contributed by atoms with Crippen molar-refractivity contribution in [1.29, 1.82) is 0 Å². The number of alkyl halides is 6. The molecule has 224 valence electrons. The van der Waals surface area contributed by atoms with Gasteiger partial charge >= 0.3 is 18.3 Å². The number of ether oxygens (including phenoxy) is 1. The maximum Gasteiger partial charge on any atom is 0.416 e. The lowest BCUT2D eigenvalue weighted by Crippen LogP contribution is -2.53. The number of benzene rings is 2. The number of esters is 1. The fourth-order valence-electron chi connectivity index (χ4n) is 6.09. The van der Waals surface area contributed by atoms with Crippen LogP contribution in [-0.4, -0.2) is 43.0 Å². The predicted octanol–water partition coefficient (Wildman–Crippen LogP) is 6.67. The molecule has 1 aliphatic heterocycles. The number of piperidine rings is 1. The van der Waals surface area contributed by atoms with E-state index >= 15 is 0 Å². The Morgan fingerprint density at radius 3 is 1.93 bits per heavy atom. The first-order valence-electron chi connectivity index (χ1n) is 13.7. The summed E-state index contributed by atoms with van der Waals surface area (Å²) in [6.07, 6.45) is -6.03. The van der Waals surface area contributed by atoms with E-state index in [1.165, 1.54) is 14.0 Å². The summed E-state index contributed by atoms with van der Waals surface area (Å²) in [4.78, 5) is 27.7.